The van der Waals surface area contributed by atoms with Gasteiger partial charge in [0.1, 0.15) is 5.76 Å². The Morgan fingerprint density at radius 3 is 2.45 bits per heavy atom. The molecule has 0 aliphatic rings. The lowest BCUT2D eigenvalue weighted by atomic mass is 10.2. The Hall–Kier alpha value is -1.96. The van der Waals surface area contributed by atoms with E-state index in [1.165, 1.54) is 17.0 Å². The Morgan fingerprint density at radius 1 is 1.16 bits per heavy atom. The highest BCUT2D eigenvalue weighted by molar-refractivity contribution is 14.0. The molecule has 0 amide bonds. The summed E-state index contributed by atoms with van der Waals surface area (Å²) in [6, 6.07) is 10.2. The Labute approximate surface area is 203 Å². The van der Waals surface area contributed by atoms with Gasteiger partial charge in [-0.3, -0.25) is 0 Å². The molecule has 0 fully saturated rings. The minimum atomic E-state index is -3.70. The van der Waals surface area contributed by atoms with Gasteiger partial charge in [-0.2, -0.15) is 0 Å². The normalized spacial score (nSPS) is 11.7. The maximum Gasteiger partial charge on any atom is 0.238 e. The lowest BCUT2D eigenvalue weighted by Crippen LogP contribution is -2.39. The van der Waals surface area contributed by atoms with Crippen LogP contribution in [0.4, 0.5) is 0 Å². The predicted octanol–water partition coefficient (Wildman–Crippen LogP) is 2.83. The summed E-state index contributed by atoms with van der Waals surface area (Å²) in [5.74, 6) is 1.57. The Bertz CT molecular complexity index is 1060. The molecule has 0 atom stereocenters. The maximum absolute atomic E-state index is 11.4. The number of benzene rings is 1. The summed E-state index contributed by atoms with van der Waals surface area (Å²) in [6.45, 7) is 3.81. The number of nitrogens with zero attached hydrogens (tertiary/aromatic N) is 2. The molecule has 0 aliphatic heterocycles. The molecule has 0 unspecified atom stereocenters. The lowest BCUT2D eigenvalue weighted by molar-refractivity contribution is 0.506. The number of primary sulfonamides is 1. The molecule has 0 bridgehead atoms. The summed E-state index contributed by atoms with van der Waals surface area (Å²) < 4.78 is 28.1. The van der Waals surface area contributed by atoms with E-state index >= 15 is 0 Å². The zero-order valence-electron chi connectivity index (χ0n) is 17.1. The number of rotatable bonds is 9. The van der Waals surface area contributed by atoms with Gasteiger partial charge in [-0.15, -0.1) is 35.3 Å². The molecule has 0 radical (unpaired) electrons. The summed E-state index contributed by atoms with van der Waals surface area (Å²) in [5.41, 5.74) is 0.880. The van der Waals surface area contributed by atoms with Crippen molar-refractivity contribution in [2.24, 2.45) is 10.1 Å². The van der Waals surface area contributed by atoms with Crippen LogP contribution >= 0.6 is 35.3 Å². The van der Waals surface area contributed by atoms with Crippen molar-refractivity contribution in [3.8, 4) is 0 Å². The Kier molecular flexibility index (Phi) is 9.93. The number of furan rings is 1. The number of halogens is 1. The van der Waals surface area contributed by atoms with Gasteiger partial charge < -0.3 is 15.1 Å². The SMILES string of the molecule is Cc1cnc(CCNC(=NCc2ccc(S(N)(=O)=O)cc2)NCCc2ccco2)s1.I. The van der Waals surface area contributed by atoms with Crippen LogP contribution in [0.5, 0.6) is 0 Å². The first-order valence-electron chi connectivity index (χ1n) is 9.48. The topological polar surface area (TPSA) is 123 Å². The molecule has 8 nitrogen and oxygen atoms in total. The van der Waals surface area contributed by atoms with Crippen molar-refractivity contribution in [1.82, 2.24) is 15.6 Å². The molecule has 168 valence electrons. The summed E-state index contributed by atoms with van der Waals surface area (Å²) >= 11 is 1.69. The van der Waals surface area contributed by atoms with Gasteiger partial charge in [0.15, 0.2) is 5.96 Å². The molecule has 31 heavy (non-hydrogen) atoms. The molecule has 0 spiro atoms. The van der Waals surface area contributed by atoms with Crippen molar-refractivity contribution in [3.63, 3.8) is 0 Å². The first kappa shape index (κ1) is 25.3. The number of hydrogen-bond donors (Lipinski definition) is 3. The third kappa shape index (κ3) is 8.59. The maximum atomic E-state index is 11.4. The molecule has 0 saturated heterocycles. The van der Waals surface area contributed by atoms with Crippen molar-refractivity contribution in [2.75, 3.05) is 13.1 Å². The van der Waals surface area contributed by atoms with Crippen LogP contribution in [0, 0.1) is 6.92 Å². The standard InChI is InChI=1S/C20H25N5O3S2.HI/c1-15-13-24-19(29-15)9-11-23-20(22-10-8-17-3-2-12-28-17)25-14-16-4-6-18(7-5-16)30(21,26)27;/h2-7,12-13H,8-11,14H2,1H3,(H2,21,26,27)(H2,22,23,25);1H. The fourth-order valence-electron chi connectivity index (χ4n) is 2.69. The fourth-order valence-corrected chi connectivity index (χ4v) is 4.00. The Balaban J connectivity index is 0.00000341. The third-order valence-electron chi connectivity index (χ3n) is 4.22. The van der Waals surface area contributed by atoms with E-state index < -0.39 is 10.0 Å². The van der Waals surface area contributed by atoms with Crippen LogP contribution in [-0.2, 0) is 29.4 Å². The predicted molar refractivity (Wildman–Crippen MR) is 133 cm³/mol. The monoisotopic (exact) mass is 575 g/mol. The van der Waals surface area contributed by atoms with Gasteiger partial charge in [-0.05, 0) is 36.8 Å². The molecule has 4 N–H and O–H groups in total. The first-order chi connectivity index (χ1) is 14.4. The molecule has 0 saturated carbocycles. The van der Waals surface area contributed by atoms with Gasteiger partial charge in [0, 0.05) is 37.0 Å². The molecule has 2 heterocycles. The van der Waals surface area contributed by atoms with Crippen molar-refractivity contribution in [1.29, 1.82) is 0 Å². The van der Waals surface area contributed by atoms with Crippen LogP contribution < -0.4 is 15.8 Å². The van der Waals surface area contributed by atoms with Crippen LogP contribution in [0.1, 0.15) is 21.2 Å². The number of aliphatic imine (C=N–C) groups is 1. The zero-order valence-corrected chi connectivity index (χ0v) is 21.0. The van der Waals surface area contributed by atoms with E-state index in [9.17, 15) is 8.42 Å². The number of aryl methyl sites for hydroxylation is 1. The molecular weight excluding hydrogens is 549 g/mol. The molecule has 3 aromatic rings. The highest BCUT2D eigenvalue weighted by atomic mass is 127. The van der Waals surface area contributed by atoms with Crippen LogP contribution in [0.25, 0.3) is 0 Å². The number of guanidine groups is 1. The third-order valence-corrected chi connectivity index (χ3v) is 6.12. The van der Waals surface area contributed by atoms with Crippen molar-refractivity contribution in [3.05, 3.63) is 70.1 Å². The van der Waals surface area contributed by atoms with Gasteiger partial charge in [-0.25, -0.2) is 23.5 Å². The minimum Gasteiger partial charge on any atom is -0.469 e. The van der Waals surface area contributed by atoms with Crippen molar-refractivity contribution >= 4 is 51.3 Å². The fraction of sp³-hybridized carbons (Fsp3) is 0.300. The van der Waals surface area contributed by atoms with E-state index in [4.69, 9.17) is 9.56 Å². The van der Waals surface area contributed by atoms with Crippen LogP contribution in [0.3, 0.4) is 0 Å². The van der Waals surface area contributed by atoms with Crippen molar-refractivity contribution in [2.45, 2.75) is 31.2 Å². The van der Waals surface area contributed by atoms with Gasteiger partial charge in [0.25, 0.3) is 0 Å². The second-order valence-corrected chi connectivity index (χ2v) is 9.53. The lowest BCUT2D eigenvalue weighted by Gasteiger charge is -2.12. The summed E-state index contributed by atoms with van der Waals surface area (Å²) in [6.07, 6.45) is 5.08. The highest BCUT2D eigenvalue weighted by Gasteiger charge is 2.07. The number of nitrogens with one attached hydrogen (secondary N) is 2. The largest absolute Gasteiger partial charge is 0.469 e. The Morgan fingerprint density at radius 2 is 1.87 bits per heavy atom. The number of thiazole rings is 1. The van der Waals surface area contributed by atoms with Gasteiger partial charge in [-0.1, -0.05) is 12.1 Å². The zero-order chi connectivity index (χ0) is 21.4. The average Bonchev–Trinajstić information content (AvgIpc) is 3.37. The average molecular weight is 575 g/mol. The van der Waals surface area contributed by atoms with Crippen LogP contribution in [0.2, 0.25) is 0 Å². The smallest absolute Gasteiger partial charge is 0.238 e. The van der Waals surface area contributed by atoms with E-state index in [0.29, 0.717) is 25.6 Å². The number of aromatic nitrogens is 1. The van der Waals surface area contributed by atoms with E-state index in [-0.39, 0.29) is 28.9 Å². The van der Waals surface area contributed by atoms with Crippen molar-refractivity contribution < 1.29 is 12.8 Å². The van der Waals surface area contributed by atoms with Gasteiger partial charge >= 0.3 is 0 Å². The molecular formula is C20H26IN5O3S2. The highest BCUT2D eigenvalue weighted by Crippen LogP contribution is 2.11. The number of sulfonamides is 1. The summed E-state index contributed by atoms with van der Waals surface area (Å²) in [4.78, 5) is 10.3. The minimum absolute atomic E-state index is 0. The molecule has 2 aromatic heterocycles. The summed E-state index contributed by atoms with van der Waals surface area (Å²) in [7, 11) is -3.70. The second kappa shape index (κ2) is 12.2. The molecule has 11 heteroatoms. The molecule has 3 rings (SSSR count). The molecule has 0 aliphatic carbocycles. The van der Waals surface area contributed by atoms with Crippen LogP contribution in [-0.4, -0.2) is 32.5 Å². The summed E-state index contributed by atoms with van der Waals surface area (Å²) in [5, 5.41) is 12.8. The quantitative estimate of drug-likeness (QED) is 0.205. The number of hydrogen-bond acceptors (Lipinski definition) is 6. The number of nitrogens with two attached hydrogens (primary N) is 1. The van der Waals surface area contributed by atoms with E-state index in [1.807, 2.05) is 25.3 Å². The second-order valence-electron chi connectivity index (χ2n) is 6.65. The van der Waals surface area contributed by atoms with E-state index in [1.54, 1.807) is 29.7 Å². The van der Waals surface area contributed by atoms with E-state index in [2.05, 4.69) is 20.6 Å². The van der Waals surface area contributed by atoms with E-state index in [0.717, 1.165) is 29.2 Å². The first-order valence-corrected chi connectivity index (χ1v) is 11.8. The molecule has 1 aromatic carbocycles. The van der Waals surface area contributed by atoms with Crippen LogP contribution in [0.15, 0.2) is 63.2 Å². The van der Waals surface area contributed by atoms with Gasteiger partial charge in [0.05, 0.1) is 22.7 Å². The van der Waals surface area contributed by atoms with Gasteiger partial charge in [0.2, 0.25) is 10.0 Å².